The van der Waals surface area contributed by atoms with Gasteiger partial charge in [0.1, 0.15) is 0 Å². The first-order chi connectivity index (χ1) is 6.72. The minimum Gasteiger partial charge on any atom is -0.385 e. The van der Waals surface area contributed by atoms with E-state index in [2.05, 4.69) is 10.6 Å². The Kier molecular flexibility index (Phi) is 7.77. The van der Waals surface area contributed by atoms with E-state index in [-0.39, 0.29) is 0 Å². The van der Waals surface area contributed by atoms with Crippen LogP contribution >= 0.6 is 0 Å². The highest BCUT2D eigenvalue weighted by molar-refractivity contribution is 6.35. The van der Waals surface area contributed by atoms with E-state index in [4.69, 9.17) is 10.5 Å². The van der Waals surface area contributed by atoms with Gasteiger partial charge in [-0.3, -0.25) is 9.59 Å². The van der Waals surface area contributed by atoms with Crippen molar-refractivity contribution in [3.63, 3.8) is 0 Å². The zero-order valence-corrected chi connectivity index (χ0v) is 8.34. The molecule has 0 aliphatic heterocycles. The molecule has 14 heavy (non-hydrogen) atoms. The van der Waals surface area contributed by atoms with Crippen molar-refractivity contribution in [2.45, 2.75) is 6.42 Å². The van der Waals surface area contributed by atoms with Gasteiger partial charge in [-0.05, 0) is 6.42 Å². The van der Waals surface area contributed by atoms with Crippen LogP contribution in [0.25, 0.3) is 0 Å². The standard InChI is InChI=1S/C8H17N3O3/c1-14-6-2-4-10-7(12)8(13)11-5-3-9/h2-6,9H2,1H3,(H,10,12)(H,11,13). The van der Waals surface area contributed by atoms with Gasteiger partial charge < -0.3 is 21.1 Å². The Balaban J connectivity index is 3.47. The molecule has 82 valence electrons. The van der Waals surface area contributed by atoms with E-state index in [0.717, 1.165) is 0 Å². The number of methoxy groups -OCH3 is 1. The number of ether oxygens (including phenoxy) is 1. The lowest BCUT2D eigenvalue weighted by atomic mass is 10.4. The number of nitrogens with two attached hydrogens (primary N) is 1. The number of carbonyl (C=O) groups is 2. The molecule has 0 aromatic heterocycles. The van der Waals surface area contributed by atoms with Crippen molar-refractivity contribution in [2.24, 2.45) is 5.73 Å². The molecule has 0 spiro atoms. The molecule has 0 fully saturated rings. The summed E-state index contributed by atoms with van der Waals surface area (Å²) in [5, 5.41) is 4.82. The van der Waals surface area contributed by atoms with Crippen molar-refractivity contribution in [3.8, 4) is 0 Å². The molecule has 0 atom stereocenters. The van der Waals surface area contributed by atoms with Crippen molar-refractivity contribution in [1.29, 1.82) is 0 Å². The van der Waals surface area contributed by atoms with Gasteiger partial charge in [-0.25, -0.2) is 0 Å². The number of nitrogens with one attached hydrogen (secondary N) is 2. The SMILES string of the molecule is COCCCNC(=O)C(=O)NCCN. The molecular formula is C8H17N3O3. The number of carbonyl (C=O) groups excluding carboxylic acids is 2. The van der Waals surface area contributed by atoms with Gasteiger partial charge in [0, 0.05) is 33.4 Å². The number of hydrogen-bond acceptors (Lipinski definition) is 4. The van der Waals surface area contributed by atoms with Crippen LogP contribution in [0.1, 0.15) is 6.42 Å². The maximum absolute atomic E-state index is 11.0. The molecule has 0 saturated heterocycles. The zero-order valence-electron chi connectivity index (χ0n) is 8.34. The summed E-state index contributed by atoms with van der Waals surface area (Å²) >= 11 is 0. The lowest BCUT2D eigenvalue weighted by Gasteiger charge is -2.04. The van der Waals surface area contributed by atoms with Gasteiger partial charge in [0.15, 0.2) is 0 Å². The Morgan fingerprint density at radius 1 is 1.21 bits per heavy atom. The maximum Gasteiger partial charge on any atom is 0.309 e. The third-order valence-corrected chi connectivity index (χ3v) is 1.45. The molecule has 6 nitrogen and oxygen atoms in total. The first kappa shape index (κ1) is 12.9. The molecule has 0 bridgehead atoms. The monoisotopic (exact) mass is 203 g/mol. The number of hydrogen-bond donors (Lipinski definition) is 3. The second kappa shape index (κ2) is 8.46. The van der Waals surface area contributed by atoms with Crippen LogP contribution in [0.5, 0.6) is 0 Å². The lowest BCUT2D eigenvalue weighted by molar-refractivity contribution is -0.139. The smallest absolute Gasteiger partial charge is 0.309 e. The van der Waals surface area contributed by atoms with Crippen molar-refractivity contribution in [2.75, 3.05) is 33.4 Å². The van der Waals surface area contributed by atoms with Gasteiger partial charge in [0.25, 0.3) is 0 Å². The van der Waals surface area contributed by atoms with E-state index >= 15 is 0 Å². The van der Waals surface area contributed by atoms with Crippen LogP contribution in [-0.4, -0.2) is 45.2 Å². The van der Waals surface area contributed by atoms with Crippen molar-refractivity contribution >= 4 is 11.8 Å². The Bertz CT molecular complexity index is 185. The fourth-order valence-electron chi connectivity index (χ4n) is 0.765. The van der Waals surface area contributed by atoms with Crippen LogP contribution in [0, 0.1) is 0 Å². The van der Waals surface area contributed by atoms with E-state index in [1.807, 2.05) is 0 Å². The van der Waals surface area contributed by atoms with Gasteiger partial charge in [-0.2, -0.15) is 0 Å². The average Bonchev–Trinajstić information content (AvgIpc) is 2.20. The predicted octanol–water partition coefficient (Wildman–Crippen LogP) is -1.79. The van der Waals surface area contributed by atoms with Gasteiger partial charge in [-0.1, -0.05) is 0 Å². The summed E-state index contributed by atoms with van der Waals surface area (Å²) in [5.41, 5.74) is 5.15. The molecular weight excluding hydrogens is 186 g/mol. The predicted molar refractivity (Wildman–Crippen MR) is 51.6 cm³/mol. The highest BCUT2D eigenvalue weighted by atomic mass is 16.5. The highest BCUT2D eigenvalue weighted by Gasteiger charge is 2.10. The van der Waals surface area contributed by atoms with Crippen molar-refractivity contribution in [1.82, 2.24) is 10.6 Å². The molecule has 2 amide bonds. The fraction of sp³-hybridized carbons (Fsp3) is 0.750. The molecule has 0 saturated carbocycles. The number of rotatable bonds is 6. The second-order valence-electron chi connectivity index (χ2n) is 2.65. The summed E-state index contributed by atoms with van der Waals surface area (Å²) in [7, 11) is 1.58. The largest absolute Gasteiger partial charge is 0.385 e. The number of amides is 2. The van der Waals surface area contributed by atoms with Gasteiger partial charge in [0.2, 0.25) is 0 Å². The average molecular weight is 203 g/mol. The summed E-state index contributed by atoms with van der Waals surface area (Å²) in [6, 6.07) is 0. The normalized spacial score (nSPS) is 9.57. The van der Waals surface area contributed by atoms with E-state index < -0.39 is 11.8 Å². The van der Waals surface area contributed by atoms with Crippen molar-refractivity contribution < 1.29 is 14.3 Å². The summed E-state index contributed by atoms with van der Waals surface area (Å²) in [4.78, 5) is 22.0. The van der Waals surface area contributed by atoms with E-state index in [0.29, 0.717) is 32.7 Å². The molecule has 6 heteroatoms. The molecule has 0 aliphatic rings. The summed E-state index contributed by atoms with van der Waals surface area (Å²) in [6.45, 7) is 1.63. The lowest BCUT2D eigenvalue weighted by Crippen LogP contribution is -2.42. The van der Waals surface area contributed by atoms with Crippen LogP contribution in [0.2, 0.25) is 0 Å². The minimum absolute atomic E-state index is 0.310. The van der Waals surface area contributed by atoms with E-state index in [9.17, 15) is 9.59 Å². The first-order valence-electron chi connectivity index (χ1n) is 4.47. The zero-order chi connectivity index (χ0) is 10.8. The Hall–Kier alpha value is -1.14. The Labute approximate surface area is 83.2 Å². The van der Waals surface area contributed by atoms with Crippen LogP contribution in [0.15, 0.2) is 0 Å². The molecule has 0 heterocycles. The fourth-order valence-corrected chi connectivity index (χ4v) is 0.765. The topological polar surface area (TPSA) is 93.4 Å². The molecule has 0 unspecified atom stereocenters. The molecule has 4 N–H and O–H groups in total. The molecule has 0 aromatic carbocycles. The minimum atomic E-state index is -0.645. The quantitative estimate of drug-likeness (QED) is 0.351. The molecule has 0 radical (unpaired) electrons. The summed E-state index contributed by atoms with van der Waals surface area (Å²) in [6.07, 6.45) is 0.687. The third-order valence-electron chi connectivity index (χ3n) is 1.45. The second-order valence-corrected chi connectivity index (χ2v) is 2.65. The Morgan fingerprint density at radius 2 is 1.79 bits per heavy atom. The highest BCUT2D eigenvalue weighted by Crippen LogP contribution is 1.77. The van der Waals surface area contributed by atoms with Crippen LogP contribution in [-0.2, 0) is 14.3 Å². The molecule has 0 rings (SSSR count). The van der Waals surface area contributed by atoms with Crippen LogP contribution in [0.4, 0.5) is 0 Å². The van der Waals surface area contributed by atoms with Crippen LogP contribution in [0.3, 0.4) is 0 Å². The third kappa shape index (κ3) is 6.38. The summed E-state index contributed by atoms with van der Waals surface area (Å²) < 4.78 is 4.78. The van der Waals surface area contributed by atoms with E-state index in [1.54, 1.807) is 7.11 Å². The van der Waals surface area contributed by atoms with Crippen LogP contribution < -0.4 is 16.4 Å². The Morgan fingerprint density at radius 3 is 2.29 bits per heavy atom. The van der Waals surface area contributed by atoms with Crippen molar-refractivity contribution in [3.05, 3.63) is 0 Å². The van der Waals surface area contributed by atoms with E-state index in [1.165, 1.54) is 0 Å². The summed E-state index contributed by atoms with van der Waals surface area (Å²) in [5.74, 6) is -1.28. The molecule has 0 aliphatic carbocycles. The molecule has 0 aromatic rings. The maximum atomic E-state index is 11.0. The van der Waals surface area contributed by atoms with Gasteiger partial charge in [0.05, 0.1) is 0 Å². The van der Waals surface area contributed by atoms with Gasteiger partial charge in [-0.15, -0.1) is 0 Å². The first-order valence-corrected chi connectivity index (χ1v) is 4.47. The van der Waals surface area contributed by atoms with Gasteiger partial charge >= 0.3 is 11.8 Å².